The van der Waals surface area contributed by atoms with Crippen LogP contribution in [0.5, 0.6) is 0 Å². The van der Waals surface area contributed by atoms with Crippen LogP contribution in [-0.2, 0) is 6.18 Å². The highest BCUT2D eigenvalue weighted by atomic mass is 19.4. The summed E-state index contributed by atoms with van der Waals surface area (Å²) in [5.41, 5.74) is -0.134. The molecule has 0 aromatic heterocycles. The fourth-order valence-electron chi connectivity index (χ4n) is 2.48. The van der Waals surface area contributed by atoms with Gasteiger partial charge in [0.1, 0.15) is 0 Å². The van der Waals surface area contributed by atoms with Gasteiger partial charge in [-0.05, 0) is 36.9 Å². The number of halogens is 3. The van der Waals surface area contributed by atoms with Gasteiger partial charge in [-0.25, -0.2) is 0 Å². The molecule has 1 atom stereocenters. The molecule has 120 valence electrons. The number of nitrogens with one attached hydrogen (secondary N) is 1. The molecule has 21 heavy (non-hydrogen) atoms. The van der Waals surface area contributed by atoms with Gasteiger partial charge in [0.25, 0.3) is 0 Å². The van der Waals surface area contributed by atoms with Gasteiger partial charge in [0, 0.05) is 6.04 Å². The Bertz CT molecular complexity index is 413. The van der Waals surface area contributed by atoms with Gasteiger partial charge in [-0.3, -0.25) is 0 Å². The second kappa shape index (κ2) is 8.42. The van der Waals surface area contributed by atoms with Gasteiger partial charge >= 0.3 is 6.18 Å². The quantitative estimate of drug-likeness (QED) is 0.661. The zero-order chi connectivity index (χ0) is 15.9. The minimum atomic E-state index is -4.29. The highest BCUT2D eigenvalue weighted by Crippen LogP contribution is 2.35. The van der Waals surface area contributed by atoms with Crippen LogP contribution in [-0.4, -0.2) is 6.54 Å². The van der Waals surface area contributed by atoms with Gasteiger partial charge in [-0.1, -0.05) is 51.8 Å². The van der Waals surface area contributed by atoms with Crippen molar-refractivity contribution in [3.8, 4) is 0 Å². The van der Waals surface area contributed by atoms with E-state index in [4.69, 9.17) is 0 Å². The molecule has 4 heteroatoms. The van der Waals surface area contributed by atoms with Crippen molar-refractivity contribution >= 4 is 0 Å². The normalized spacial score (nSPS) is 13.7. The number of benzene rings is 1. The minimum Gasteiger partial charge on any atom is -0.310 e. The fraction of sp³-hybridized carbons (Fsp3) is 0.647. The number of hydrogen-bond acceptors (Lipinski definition) is 1. The Labute approximate surface area is 125 Å². The van der Waals surface area contributed by atoms with Crippen molar-refractivity contribution < 1.29 is 13.2 Å². The first-order valence-electron chi connectivity index (χ1n) is 7.75. The zero-order valence-electron chi connectivity index (χ0n) is 13.1. The summed E-state index contributed by atoms with van der Waals surface area (Å²) in [5.74, 6) is 0.578. The van der Waals surface area contributed by atoms with Crippen LogP contribution in [0.4, 0.5) is 13.2 Å². The van der Waals surface area contributed by atoms with Crippen LogP contribution in [0.3, 0.4) is 0 Å². The summed E-state index contributed by atoms with van der Waals surface area (Å²) in [4.78, 5) is 0. The Morgan fingerprint density at radius 3 is 2.33 bits per heavy atom. The fourth-order valence-corrected chi connectivity index (χ4v) is 2.48. The van der Waals surface area contributed by atoms with Gasteiger partial charge < -0.3 is 5.32 Å². The van der Waals surface area contributed by atoms with Crippen molar-refractivity contribution in [3.05, 3.63) is 35.4 Å². The average molecular weight is 301 g/mol. The molecule has 0 saturated heterocycles. The minimum absolute atomic E-state index is 0.221. The summed E-state index contributed by atoms with van der Waals surface area (Å²) in [6, 6.07) is 5.70. The number of hydrogen-bond donors (Lipinski definition) is 1. The summed E-state index contributed by atoms with van der Waals surface area (Å²) >= 11 is 0. The van der Waals surface area contributed by atoms with Gasteiger partial charge in [-0.2, -0.15) is 13.2 Å². The molecule has 0 aliphatic heterocycles. The molecular weight excluding hydrogens is 275 g/mol. The highest BCUT2D eigenvalue weighted by Gasteiger charge is 2.34. The highest BCUT2D eigenvalue weighted by molar-refractivity contribution is 5.32. The van der Waals surface area contributed by atoms with Crippen LogP contribution in [0.25, 0.3) is 0 Å². The number of alkyl halides is 3. The Morgan fingerprint density at radius 2 is 1.76 bits per heavy atom. The predicted molar refractivity (Wildman–Crippen MR) is 81.2 cm³/mol. The molecule has 1 rings (SSSR count). The molecule has 1 N–H and O–H groups in total. The standard InChI is InChI=1S/C17H26F3N/c1-4-12-21-16(11-7-8-13(2)3)14-9-5-6-10-15(14)17(18,19)20/h5-6,9-10,13,16,21H,4,7-8,11-12H2,1-3H3. The first kappa shape index (κ1) is 18.0. The molecule has 1 aromatic rings. The number of rotatable bonds is 8. The molecule has 0 spiro atoms. The Balaban J connectivity index is 2.91. The summed E-state index contributed by atoms with van der Waals surface area (Å²) in [6.45, 7) is 7.03. The smallest absolute Gasteiger partial charge is 0.310 e. The topological polar surface area (TPSA) is 12.0 Å². The summed E-state index contributed by atoms with van der Waals surface area (Å²) in [6.07, 6.45) is -0.662. The first-order chi connectivity index (χ1) is 9.86. The molecule has 1 nitrogen and oxygen atoms in total. The van der Waals surface area contributed by atoms with Crippen molar-refractivity contribution in [2.24, 2.45) is 5.92 Å². The summed E-state index contributed by atoms with van der Waals surface area (Å²) in [5, 5.41) is 3.27. The van der Waals surface area contributed by atoms with Crippen LogP contribution in [0, 0.1) is 5.92 Å². The molecule has 0 amide bonds. The SMILES string of the molecule is CCCNC(CCCC(C)C)c1ccccc1C(F)(F)F. The van der Waals surface area contributed by atoms with E-state index in [1.807, 2.05) is 6.92 Å². The maximum atomic E-state index is 13.2. The Kier molecular flexibility index (Phi) is 7.23. The van der Waals surface area contributed by atoms with E-state index < -0.39 is 11.7 Å². The van der Waals surface area contributed by atoms with E-state index in [0.29, 0.717) is 11.5 Å². The second-order valence-electron chi connectivity index (χ2n) is 5.92. The maximum Gasteiger partial charge on any atom is 0.416 e. The van der Waals surface area contributed by atoms with Crippen molar-refractivity contribution in [1.82, 2.24) is 5.32 Å². The lowest BCUT2D eigenvalue weighted by Gasteiger charge is -2.23. The van der Waals surface area contributed by atoms with E-state index in [1.165, 1.54) is 12.1 Å². The van der Waals surface area contributed by atoms with Crippen molar-refractivity contribution in [3.63, 3.8) is 0 Å². The molecule has 0 heterocycles. The molecule has 0 fully saturated rings. The summed E-state index contributed by atoms with van der Waals surface area (Å²) in [7, 11) is 0. The Hall–Kier alpha value is -1.03. The third-order valence-electron chi connectivity index (χ3n) is 3.56. The van der Waals surface area contributed by atoms with E-state index in [0.717, 1.165) is 32.2 Å². The lowest BCUT2D eigenvalue weighted by Crippen LogP contribution is -2.25. The van der Waals surface area contributed by atoms with E-state index >= 15 is 0 Å². The lowest BCUT2D eigenvalue weighted by atomic mass is 9.94. The maximum absolute atomic E-state index is 13.2. The molecule has 1 aromatic carbocycles. The summed E-state index contributed by atoms with van der Waals surface area (Å²) < 4.78 is 39.5. The Morgan fingerprint density at radius 1 is 1.10 bits per heavy atom. The van der Waals surface area contributed by atoms with Crippen LogP contribution < -0.4 is 5.32 Å². The van der Waals surface area contributed by atoms with E-state index in [1.54, 1.807) is 12.1 Å². The van der Waals surface area contributed by atoms with E-state index in [9.17, 15) is 13.2 Å². The predicted octanol–water partition coefficient (Wildman–Crippen LogP) is 5.57. The third kappa shape index (κ3) is 6.08. The van der Waals surface area contributed by atoms with Crippen molar-refractivity contribution in [1.29, 1.82) is 0 Å². The van der Waals surface area contributed by atoms with Crippen molar-refractivity contribution in [2.75, 3.05) is 6.54 Å². The average Bonchev–Trinajstić information content (AvgIpc) is 2.41. The molecule has 0 radical (unpaired) electrons. The second-order valence-corrected chi connectivity index (χ2v) is 5.92. The molecule has 0 saturated carbocycles. The largest absolute Gasteiger partial charge is 0.416 e. The van der Waals surface area contributed by atoms with Gasteiger partial charge in [-0.15, -0.1) is 0 Å². The van der Waals surface area contributed by atoms with Gasteiger partial charge in [0.15, 0.2) is 0 Å². The van der Waals surface area contributed by atoms with Gasteiger partial charge in [0.2, 0.25) is 0 Å². The molecule has 0 aliphatic rings. The molecule has 0 bridgehead atoms. The van der Waals surface area contributed by atoms with E-state index in [2.05, 4.69) is 19.2 Å². The monoisotopic (exact) mass is 301 g/mol. The third-order valence-corrected chi connectivity index (χ3v) is 3.56. The van der Waals surface area contributed by atoms with Crippen LogP contribution >= 0.6 is 0 Å². The molecule has 1 unspecified atom stereocenters. The van der Waals surface area contributed by atoms with E-state index in [-0.39, 0.29) is 6.04 Å². The van der Waals surface area contributed by atoms with Gasteiger partial charge in [0.05, 0.1) is 5.56 Å². The molecule has 0 aliphatic carbocycles. The van der Waals surface area contributed by atoms with Crippen molar-refractivity contribution in [2.45, 2.75) is 58.7 Å². The molecular formula is C17H26F3N. The lowest BCUT2D eigenvalue weighted by molar-refractivity contribution is -0.138. The van der Waals surface area contributed by atoms with Crippen LogP contribution in [0.2, 0.25) is 0 Å². The van der Waals surface area contributed by atoms with Crippen LogP contribution in [0.1, 0.15) is 63.6 Å². The first-order valence-corrected chi connectivity index (χ1v) is 7.75. The van der Waals surface area contributed by atoms with Crippen LogP contribution in [0.15, 0.2) is 24.3 Å². The zero-order valence-corrected chi connectivity index (χ0v) is 13.1.